The summed E-state index contributed by atoms with van der Waals surface area (Å²) in [5.41, 5.74) is 1.66. The fraction of sp³-hybridized carbons (Fsp3) is 0.333. The summed E-state index contributed by atoms with van der Waals surface area (Å²) in [6.45, 7) is 2.28. The number of hydrogen-bond donors (Lipinski definition) is 0. The van der Waals surface area contributed by atoms with Crippen LogP contribution in [-0.2, 0) is 11.3 Å². The number of carbonyl (C=O) groups excluding carboxylic acids is 2. The minimum Gasteiger partial charge on any atom is -0.492 e. The third kappa shape index (κ3) is 5.23. The van der Waals surface area contributed by atoms with E-state index in [1.165, 1.54) is 0 Å². The van der Waals surface area contributed by atoms with Gasteiger partial charge in [-0.05, 0) is 42.3 Å². The van der Waals surface area contributed by atoms with Gasteiger partial charge in [0.25, 0.3) is 5.91 Å². The van der Waals surface area contributed by atoms with Crippen LogP contribution in [0.1, 0.15) is 28.8 Å². The van der Waals surface area contributed by atoms with Gasteiger partial charge in [0.15, 0.2) is 0 Å². The van der Waals surface area contributed by atoms with E-state index in [0.717, 1.165) is 18.5 Å². The normalized spacial score (nSPS) is 13.7. The lowest BCUT2D eigenvalue weighted by Gasteiger charge is -2.18. The third-order valence-electron chi connectivity index (χ3n) is 4.58. The zero-order chi connectivity index (χ0) is 19.2. The molecule has 0 bridgehead atoms. The summed E-state index contributed by atoms with van der Waals surface area (Å²) in [5.74, 6) is 0.826. The SMILES string of the molecule is CN(CCOc1cccc(Cl)c1)C(=O)c1ccc(CN2CCCC2=O)cc1. The van der Waals surface area contributed by atoms with E-state index in [9.17, 15) is 9.59 Å². The van der Waals surface area contributed by atoms with E-state index in [1.54, 1.807) is 24.1 Å². The van der Waals surface area contributed by atoms with E-state index < -0.39 is 0 Å². The minimum atomic E-state index is -0.0616. The largest absolute Gasteiger partial charge is 0.492 e. The van der Waals surface area contributed by atoms with E-state index in [4.69, 9.17) is 16.3 Å². The van der Waals surface area contributed by atoms with E-state index >= 15 is 0 Å². The van der Waals surface area contributed by atoms with Crippen molar-refractivity contribution in [3.05, 3.63) is 64.7 Å². The monoisotopic (exact) mass is 386 g/mol. The predicted molar refractivity (Wildman–Crippen MR) is 105 cm³/mol. The van der Waals surface area contributed by atoms with Crippen LogP contribution in [0.25, 0.3) is 0 Å². The van der Waals surface area contributed by atoms with Crippen LogP contribution in [0, 0.1) is 0 Å². The molecule has 1 heterocycles. The van der Waals surface area contributed by atoms with Crippen molar-refractivity contribution in [3.8, 4) is 5.75 Å². The zero-order valence-electron chi connectivity index (χ0n) is 15.4. The van der Waals surface area contributed by atoms with Crippen molar-refractivity contribution >= 4 is 23.4 Å². The standard InChI is InChI=1S/C21H23ClN2O3/c1-23(12-13-27-19-5-2-4-18(22)14-19)21(26)17-9-7-16(8-10-17)15-24-11-3-6-20(24)25/h2,4-5,7-10,14H,3,6,11-13,15H2,1H3. The number of amides is 2. The summed E-state index contributed by atoms with van der Waals surface area (Å²) in [6.07, 6.45) is 1.57. The summed E-state index contributed by atoms with van der Waals surface area (Å²) >= 11 is 5.92. The minimum absolute atomic E-state index is 0.0616. The Balaban J connectivity index is 1.49. The summed E-state index contributed by atoms with van der Waals surface area (Å²) < 4.78 is 5.63. The molecule has 0 N–H and O–H groups in total. The van der Waals surface area contributed by atoms with Gasteiger partial charge in [0, 0.05) is 37.1 Å². The fourth-order valence-corrected chi connectivity index (χ4v) is 3.20. The quantitative estimate of drug-likeness (QED) is 0.730. The van der Waals surface area contributed by atoms with E-state index in [0.29, 0.717) is 42.5 Å². The van der Waals surface area contributed by atoms with Crippen LogP contribution in [0.5, 0.6) is 5.75 Å². The Morgan fingerprint density at radius 3 is 2.67 bits per heavy atom. The Bertz CT molecular complexity index is 807. The highest BCUT2D eigenvalue weighted by Gasteiger charge is 2.20. The number of benzene rings is 2. The molecule has 6 heteroatoms. The summed E-state index contributed by atoms with van der Waals surface area (Å²) in [6, 6.07) is 14.6. The third-order valence-corrected chi connectivity index (χ3v) is 4.82. The van der Waals surface area contributed by atoms with Gasteiger partial charge in [-0.1, -0.05) is 29.8 Å². The van der Waals surface area contributed by atoms with Gasteiger partial charge in [0.2, 0.25) is 5.91 Å². The van der Waals surface area contributed by atoms with Crippen LogP contribution < -0.4 is 4.74 Å². The molecule has 0 atom stereocenters. The highest BCUT2D eigenvalue weighted by molar-refractivity contribution is 6.30. The molecule has 1 saturated heterocycles. The molecule has 2 aromatic rings. The van der Waals surface area contributed by atoms with Gasteiger partial charge in [0.1, 0.15) is 12.4 Å². The molecule has 2 aromatic carbocycles. The average molecular weight is 387 g/mol. The molecule has 0 unspecified atom stereocenters. The van der Waals surface area contributed by atoms with Gasteiger partial charge in [-0.15, -0.1) is 0 Å². The number of carbonyl (C=O) groups is 2. The summed E-state index contributed by atoms with van der Waals surface area (Å²) in [5, 5.41) is 0.618. The highest BCUT2D eigenvalue weighted by Crippen LogP contribution is 2.17. The average Bonchev–Trinajstić information content (AvgIpc) is 3.06. The molecule has 1 aliphatic heterocycles. The second kappa shape index (κ2) is 8.91. The van der Waals surface area contributed by atoms with Crippen molar-refractivity contribution in [2.45, 2.75) is 19.4 Å². The Labute approximate surface area is 164 Å². The smallest absolute Gasteiger partial charge is 0.253 e. The van der Waals surface area contributed by atoms with Crippen LogP contribution in [0.15, 0.2) is 48.5 Å². The number of ether oxygens (including phenoxy) is 1. The van der Waals surface area contributed by atoms with Crippen LogP contribution in [0.2, 0.25) is 5.02 Å². The van der Waals surface area contributed by atoms with Crippen molar-refractivity contribution < 1.29 is 14.3 Å². The second-order valence-corrected chi connectivity index (χ2v) is 7.08. The van der Waals surface area contributed by atoms with Crippen LogP contribution in [-0.4, -0.2) is 48.4 Å². The zero-order valence-corrected chi connectivity index (χ0v) is 16.1. The topological polar surface area (TPSA) is 49.9 Å². The van der Waals surface area contributed by atoms with Crippen LogP contribution in [0.3, 0.4) is 0 Å². The maximum Gasteiger partial charge on any atom is 0.253 e. The van der Waals surface area contributed by atoms with Gasteiger partial charge in [-0.25, -0.2) is 0 Å². The molecule has 3 rings (SSSR count). The Hall–Kier alpha value is -2.53. The fourth-order valence-electron chi connectivity index (χ4n) is 3.02. The molecule has 0 aliphatic carbocycles. The summed E-state index contributed by atoms with van der Waals surface area (Å²) in [4.78, 5) is 27.7. The highest BCUT2D eigenvalue weighted by atomic mass is 35.5. The van der Waals surface area contributed by atoms with Gasteiger partial charge >= 0.3 is 0 Å². The first-order valence-corrected chi connectivity index (χ1v) is 9.41. The van der Waals surface area contributed by atoms with Gasteiger partial charge in [-0.3, -0.25) is 9.59 Å². The molecule has 0 saturated carbocycles. The van der Waals surface area contributed by atoms with Crippen LogP contribution in [0.4, 0.5) is 0 Å². The van der Waals surface area contributed by atoms with E-state index in [2.05, 4.69) is 0 Å². The number of rotatable bonds is 7. The van der Waals surface area contributed by atoms with Crippen molar-refractivity contribution in [1.82, 2.24) is 9.80 Å². The lowest BCUT2D eigenvalue weighted by Crippen LogP contribution is -2.31. The number of likely N-dealkylation sites (N-methyl/N-ethyl adjacent to an activating group) is 1. The van der Waals surface area contributed by atoms with E-state index in [1.807, 2.05) is 41.3 Å². The maximum absolute atomic E-state index is 12.5. The molecule has 142 valence electrons. The molecule has 0 aromatic heterocycles. The lowest BCUT2D eigenvalue weighted by molar-refractivity contribution is -0.128. The van der Waals surface area contributed by atoms with E-state index in [-0.39, 0.29) is 11.8 Å². The molecule has 0 radical (unpaired) electrons. The molecule has 5 nitrogen and oxygen atoms in total. The molecule has 27 heavy (non-hydrogen) atoms. The number of nitrogens with zero attached hydrogens (tertiary/aromatic N) is 2. The predicted octanol–water partition coefficient (Wildman–Crippen LogP) is 3.61. The Morgan fingerprint density at radius 1 is 1.22 bits per heavy atom. The molecule has 1 aliphatic rings. The first kappa shape index (κ1) is 19.2. The van der Waals surface area contributed by atoms with Crippen molar-refractivity contribution in [1.29, 1.82) is 0 Å². The number of likely N-dealkylation sites (tertiary alicyclic amines) is 1. The van der Waals surface area contributed by atoms with Gasteiger partial charge < -0.3 is 14.5 Å². The first-order valence-electron chi connectivity index (χ1n) is 9.03. The van der Waals surface area contributed by atoms with Gasteiger partial charge in [0.05, 0.1) is 6.54 Å². The number of hydrogen-bond acceptors (Lipinski definition) is 3. The maximum atomic E-state index is 12.5. The molecule has 2 amide bonds. The summed E-state index contributed by atoms with van der Waals surface area (Å²) in [7, 11) is 1.75. The molecule has 1 fully saturated rings. The Kier molecular flexibility index (Phi) is 6.35. The van der Waals surface area contributed by atoms with Crippen molar-refractivity contribution in [3.63, 3.8) is 0 Å². The van der Waals surface area contributed by atoms with Gasteiger partial charge in [-0.2, -0.15) is 0 Å². The first-order chi connectivity index (χ1) is 13.0. The molecule has 0 spiro atoms. The second-order valence-electron chi connectivity index (χ2n) is 6.65. The number of halogens is 1. The lowest BCUT2D eigenvalue weighted by atomic mass is 10.1. The molecular weight excluding hydrogens is 364 g/mol. The van der Waals surface area contributed by atoms with Crippen molar-refractivity contribution in [2.75, 3.05) is 26.7 Å². The van der Waals surface area contributed by atoms with Crippen LogP contribution >= 0.6 is 11.6 Å². The van der Waals surface area contributed by atoms with Crippen molar-refractivity contribution in [2.24, 2.45) is 0 Å². The Morgan fingerprint density at radius 2 is 2.00 bits per heavy atom. The molecular formula is C21H23ClN2O3.